The lowest BCUT2D eigenvalue weighted by Crippen LogP contribution is -2.30. The summed E-state index contributed by atoms with van der Waals surface area (Å²) < 4.78 is 1.25. The topological polar surface area (TPSA) is 82.2 Å². The summed E-state index contributed by atoms with van der Waals surface area (Å²) in [5, 5.41) is 10.2. The number of para-hydroxylation sites is 3. The van der Waals surface area contributed by atoms with Gasteiger partial charge in [0.05, 0.1) is 35.1 Å². The Morgan fingerprint density at radius 1 is 1.07 bits per heavy atom. The number of allylic oxidation sites excluding steroid dienone is 1. The largest absolute Gasteiger partial charge is 0.328 e. The van der Waals surface area contributed by atoms with Crippen molar-refractivity contribution in [1.82, 2.24) is 9.55 Å². The Bertz CT molecular complexity index is 1250. The first-order valence-corrected chi connectivity index (χ1v) is 9.13. The predicted octanol–water partition coefficient (Wildman–Crippen LogP) is 2.60. The average Bonchev–Trinajstić information content (AvgIpc) is 2.97. The Hall–Kier alpha value is -3.92. The molecule has 1 aromatic heterocycles. The van der Waals surface area contributed by atoms with E-state index in [0.717, 1.165) is 16.9 Å². The molecular weight excluding hydrogens is 366 g/mol. The van der Waals surface area contributed by atoms with Crippen molar-refractivity contribution in [1.29, 1.82) is 5.26 Å². The summed E-state index contributed by atoms with van der Waals surface area (Å²) in [5.74, 6) is 0.0567. The van der Waals surface area contributed by atoms with Crippen LogP contribution in [0.15, 0.2) is 65.0 Å². The zero-order chi connectivity index (χ0) is 20.7. The number of carbonyl (C=O) groups is 1. The highest BCUT2D eigenvalue weighted by molar-refractivity contribution is 6.02. The van der Waals surface area contributed by atoms with Crippen molar-refractivity contribution in [2.24, 2.45) is 0 Å². The maximum absolute atomic E-state index is 13.0. The van der Waals surface area contributed by atoms with Crippen molar-refractivity contribution in [2.45, 2.75) is 13.5 Å². The minimum Gasteiger partial charge on any atom is -0.328 e. The van der Waals surface area contributed by atoms with Crippen LogP contribution in [0.25, 0.3) is 10.9 Å². The van der Waals surface area contributed by atoms with Gasteiger partial charge in [0.25, 0.3) is 5.56 Å². The summed E-state index contributed by atoms with van der Waals surface area (Å²) >= 11 is 0. The Balaban J connectivity index is 1.74. The second kappa shape index (κ2) is 6.91. The molecule has 0 spiro atoms. The number of hydrogen-bond donors (Lipinski definition) is 0. The minimum absolute atomic E-state index is 0.00226. The summed E-state index contributed by atoms with van der Waals surface area (Å²) in [7, 11) is 3.63. The molecule has 0 saturated carbocycles. The fourth-order valence-corrected chi connectivity index (χ4v) is 3.74. The number of benzene rings is 2. The first-order valence-electron chi connectivity index (χ1n) is 9.13. The standard InChI is InChI=1S/C22H19N5O2/c1-14-7-6-8-15-20(14)24-13-27(22(15)29)12-19(28)16(11-23)21-25(2)17-9-4-5-10-18(17)26(21)3/h4-10,13H,12H2,1-3H3. The number of ketones is 1. The molecule has 0 bridgehead atoms. The molecule has 0 fully saturated rings. The molecule has 0 atom stereocenters. The maximum Gasteiger partial charge on any atom is 0.261 e. The molecule has 0 N–H and O–H groups in total. The van der Waals surface area contributed by atoms with Gasteiger partial charge in [0.15, 0.2) is 5.78 Å². The lowest BCUT2D eigenvalue weighted by Gasteiger charge is -2.20. The van der Waals surface area contributed by atoms with Crippen LogP contribution < -0.4 is 15.4 Å². The fourth-order valence-electron chi connectivity index (χ4n) is 3.74. The molecule has 7 heteroatoms. The van der Waals surface area contributed by atoms with E-state index >= 15 is 0 Å². The van der Waals surface area contributed by atoms with Gasteiger partial charge >= 0.3 is 0 Å². The normalized spacial score (nSPS) is 12.8. The first kappa shape index (κ1) is 18.4. The number of fused-ring (bicyclic) bond motifs is 2. The quantitative estimate of drug-likeness (QED) is 0.509. The van der Waals surface area contributed by atoms with E-state index in [1.807, 2.05) is 67.2 Å². The van der Waals surface area contributed by atoms with Crippen molar-refractivity contribution >= 4 is 28.1 Å². The van der Waals surface area contributed by atoms with Gasteiger partial charge in [-0.15, -0.1) is 0 Å². The lowest BCUT2D eigenvalue weighted by atomic mass is 10.1. The Labute approximate surface area is 167 Å². The van der Waals surface area contributed by atoms with Crippen LogP contribution in [0.1, 0.15) is 5.56 Å². The smallest absolute Gasteiger partial charge is 0.261 e. The number of nitrogens with zero attached hydrogens (tertiary/aromatic N) is 5. The van der Waals surface area contributed by atoms with E-state index in [4.69, 9.17) is 0 Å². The molecular formula is C22H19N5O2. The number of aryl methyl sites for hydroxylation is 1. The van der Waals surface area contributed by atoms with Crippen molar-refractivity contribution in [3.05, 3.63) is 76.1 Å². The molecule has 0 saturated heterocycles. The third-order valence-electron chi connectivity index (χ3n) is 5.22. The van der Waals surface area contributed by atoms with Gasteiger partial charge in [-0.25, -0.2) is 4.98 Å². The van der Waals surface area contributed by atoms with Crippen molar-refractivity contribution in [3.8, 4) is 6.07 Å². The van der Waals surface area contributed by atoms with Gasteiger partial charge < -0.3 is 9.80 Å². The van der Waals surface area contributed by atoms with Crippen molar-refractivity contribution in [3.63, 3.8) is 0 Å². The van der Waals surface area contributed by atoms with E-state index in [0.29, 0.717) is 16.7 Å². The van der Waals surface area contributed by atoms with Crippen LogP contribution in [0, 0.1) is 18.3 Å². The number of rotatable bonds is 3. The zero-order valence-corrected chi connectivity index (χ0v) is 16.4. The van der Waals surface area contributed by atoms with Gasteiger partial charge in [-0.05, 0) is 30.7 Å². The van der Waals surface area contributed by atoms with Gasteiger partial charge in [-0.1, -0.05) is 24.3 Å². The molecule has 1 aliphatic heterocycles. The minimum atomic E-state index is -0.440. The lowest BCUT2D eigenvalue weighted by molar-refractivity contribution is -0.115. The highest BCUT2D eigenvalue weighted by Gasteiger charge is 2.31. The van der Waals surface area contributed by atoms with Crippen LogP contribution in [-0.2, 0) is 11.3 Å². The highest BCUT2D eigenvalue weighted by atomic mass is 16.1. The number of Topliss-reactive ketones (excluding diaryl/α,β-unsaturated/α-hetero) is 1. The molecule has 7 nitrogen and oxygen atoms in total. The van der Waals surface area contributed by atoms with Gasteiger partial charge in [0.2, 0.25) is 0 Å². The summed E-state index contributed by atoms with van der Waals surface area (Å²) in [4.78, 5) is 33.8. The van der Waals surface area contributed by atoms with Crippen molar-refractivity contribution in [2.75, 3.05) is 23.9 Å². The maximum atomic E-state index is 13.0. The van der Waals surface area contributed by atoms with Crippen LogP contribution in [-0.4, -0.2) is 29.4 Å². The summed E-state index contributed by atoms with van der Waals surface area (Å²) in [6, 6.07) is 15.1. The van der Waals surface area contributed by atoms with E-state index in [2.05, 4.69) is 4.98 Å². The van der Waals surface area contributed by atoms with Gasteiger partial charge in [-0.2, -0.15) is 5.26 Å². The zero-order valence-electron chi connectivity index (χ0n) is 16.4. The highest BCUT2D eigenvalue weighted by Crippen LogP contribution is 2.40. The third-order valence-corrected chi connectivity index (χ3v) is 5.22. The molecule has 1 aliphatic rings. The molecule has 4 rings (SSSR count). The van der Waals surface area contributed by atoms with Crippen LogP contribution in [0.5, 0.6) is 0 Å². The SMILES string of the molecule is Cc1cccc2c(=O)n(CC(=O)C(C#N)=C3N(C)c4ccccc4N3C)cnc12. The molecule has 3 aromatic rings. The molecule has 2 heterocycles. The number of anilines is 2. The van der Waals surface area contributed by atoms with Crippen LogP contribution in [0.4, 0.5) is 11.4 Å². The monoisotopic (exact) mass is 385 g/mol. The number of hydrogen-bond acceptors (Lipinski definition) is 6. The second-order valence-corrected chi connectivity index (χ2v) is 6.99. The van der Waals surface area contributed by atoms with Crippen molar-refractivity contribution < 1.29 is 4.79 Å². The second-order valence-electron chi connectivity index (χ2n) is 6.99. The Morgan fingerprint density at radius 2 is 1.72 bits per heavy atom. The van der Waals surface area contributed by atoms with E-state index < -0.39 is 5.78 Å². The first-order chi connectivity index (χ1) is 13.9. The summed E-state index contributed by atoms with van der Waals surface area (Å²) in [6.07, 6.45) is 1.37. The van der Waals surface area contributed by atoms with E-state index in [1.165, 1.54) is 10.9 Å². The van der Waals surface area contributed by atoms with Crippen LogP contribution in [0.3, 0.4) is 0 Å². The molecule has 0 aliphatic carbocycles. The van der Waals surface area contributed by atoms with Crippen LogP contribution in [0.2, 0.25) is 0 Å². The molecule has 0 unspecified atom stereocenters. The molecule has 2 aromatic carbocycles. The summed E-state index contributed by atoms with van der Waals surface area (Å²) in [5.41, 5.74) is 3.03. The van der Waals surface area contributed by atoms with Crippen LogP contribution >= 0.6 is 0 Å². The predicted molar refractivity (Wildman–Crippen MR) is 112 cm³/mol. The van der Waals surface area contributed by atoms with Gasteiger partial charge in [-0.3, -0.25) is 14.2 Å². The Kier molecular flexibility index (Phi) is 4.40. The number of nitriles is 1. The Morgan fingerprint density at radius 3 is 2.34 bits per heavy atom. The number of carbonyl (C=O) groups excluding carboxylic acids is 1. The van der Waals surface area contributed by atoms with Gasteiger partial charge in [0, 0.05) is 14.1 Å². The number of aromatic nitrogens is 2. The molecule has 29 heavy (non-hydrogen) atoms. The molecule has 0 amide bonds. The third kappa shape index (κ3) is 2.86. The van der Waals surface area contributed by atoms with E-state index in [9.17, 15) is 14.9 Å². The fraction of sp³-hybridized carbons (Fsp3) is 0.182. The van der Waals surface area contributed by atoms with E-state index in [1.54, 1.807) is 12.1 Å². The molecule has 144 valence electrons. The van der Waals surface area contributed by atoms with E-state index in [-0.39, 0.29) is 17.7 Å². The average molecular weight is 385 g/mol. The van der Waals surface area contributed by atoms with Gasteiger partial charge in [0.1, 0.15) is 17.5 Å². The molecule has 0 radical (unpaired) electrons. The summed E-state index contributed by atoms with van der Waals surface area (Å²) in [6.45, 7) is 1.63.